The Hall–Kier alpha value is -1.38. The number of carbonyl (C=O) groups is 1. The van der Waals surface area contributed by atoms with Gasteiger partial charge in [0.1, 0.15) is 0 Å². The summed E-state index contributed by atoms with van der Waals surface area (Å²) in [5, 5.41) is 1.11. The van der Waals surface area contributed by atoms with Crippen LogP contribution in [0.2, 0.25) is 0 Å². The van der Waals surface area contributed by atoms with Gasteiger partial charge in [0.05, 0.1) is 0 Å². The van der Waals surface area contributed by atoms with E-state index < -0.39 is 0 Å². The van der Waals surface area contributed by atoms with Crippen LogP contribution in [0.3, 0.4) is 0 Å². The first-order valence-electron chi connectivity index (χ1n) is 6.33. The molecule has 3 nitrogen and oxygen atoms in total. The van der Waals surface area contributed by atoms with Crippen molar-refractivity contribution in [3.8, 4) is 0 Å². The second kappa shape index (κ2) is 6.18. The maximum absolute atomic E-state index is 11.4. The van der Waals surface area contributed by atoms with Crippen LogP contribution < -0.4 is 4.59 Å². The van der Waals surface area contributed by atoms with Crippen LogP contribution in [0.1, 0.15) is 24.5 Å². The van der Waals surface area contributed by atoms with E-state index in [9.17, 15) is 4.79 Å². The van der Waals surface area contributed by atoms with E-state index in [1.807, 2.05) is 32.0 Å². The third-order valence-electron chi connectivity index (χ3n) is 2.99. The molecule has 1 heterocycles. The molecule has 19 heavy (non-hydrogen) atoms. The molecule has 0 fully saturated rings. The second-order valence-electron chi connectivity index (χ2n) is 4.40. The summed E-state index contributed by atoms with van der Waals surface area (Å²) in [4.78, 5) is 16.0. The van der Waals surface area contributed by atoms with Crippen LogP contribution in [-0.4, -0.2) is 33.6 Å². The quantitative estimate of drug-likeness (QED) is 0.637. The molecule has 0 aliphatic heterocycles. The van der Waals surface area contributed by atoms with Gasteiger partial charge in [0.15, 0.2) is 0 Å². The number of hydrogen-bond donors (Lipinski definition) is 0. The SMILES string of the molecule is CCOC(=O)CCc1cc2cccc(C)c2nc1[Se]. The van der Waals surface area contributed by atoms with Gasteiger partial charge in [0.25, 0.3) is 0 Å². The minimum atomic E-state index is -0.161. The van der Waals surface area contributed by atoms with Crippen LogP contribution in [0, 0.1) is 6.92 Å². The van der Waals surface area contributed by atoms with Gasteiger partial charge in [0.2, 0.25) is 0 Å². The van der Waals surface area contributed by atoms with Gasteiger partial charge in [0, 0.05) is 0 Å². The zero-order valence-electron chi connectivity index (χ0n) is 11.1. The molecule has 0 saturated carbocycles. The van der Waals surface area contributed by atoms with Crippen molar-refractivity contribution in [1.82, 2.24) is 4.98 Å². The first-order valence-corrected chi connectivity index (χ1v) is 7.19. The Morgan fingerprint density at radius 1 is 1.42 bits per heavy atom. The number of rotatable bonds is 4. The molecule has 0 spiro atoms. The number of benzene rings is 1. The summed E-state index contributed by atoms with van der Waals surface area (Å²) in [7, 11) is 0. The third kappa shape index (κ3) is 3.34. The zero-order chi connectivity index (χ0) is 13.8. The molecule has 0 N–H and O–H groups in total. The van der Waals surface area contributed by atoms with E-state index >= 15 is 0 Å². The van der Waals surface area contributed by atoms with Crippen LogP contribution in [0.15, 0.2) is 24.3 Å². The van der Waals surface area contributed by atoms with Gasteiger partial charge < -0.3 is 0 Å². The molecule has 0 bridgehead atoms. The van der Waals surface area contributed by atoms with Crippen LogP contribution in [0.4, 0.5) is 0 Å². The first-order chi connectivity index (χ1) is 9.11. The zero-order valence-corrected chi connectivity index (χ0v) is 12.8. The van der Waals surface area contributed by atoms with Crippen molar-refractivity contribution in [3.05, 3.63) is 35.4 Å². The molecule has 1 radical (unpaired) electrons. The molecule has 0 unspecified atom stereocenters. The Morgan fingerprint density at radius 3 is 2.95 bits per heavy atom. The van der Waals surface area contributed by atoms with Crippen LogP contribution in [0.5, 0.6) is 0 Å². The summed E-state index contributed by atoms with van der Waals surface area (Å²) < 4.78 is 5.81. The summed E-state index contributed by atoms with van der Waals surface area (Å²) >= 11 is 2.98. The van der Waals surface area contributed by atoms with Crippen LogP contribution in [0.25, 0.3) is 10.9 Å². The van der Waals surface area contributed by atoms with E-state index in [2.05, 4.69) is 27.1 Å². The number of esters is 1. The molecule has 0 atom stereocenters. The van der Waals surface area contributed by atoms with Gasteiger partial charge in [-0.2, -0.15) is 0 Å². The van der Waals surface area contributed by atoms with Gasteiger partial charge >= 0.3 is 121 Å². The van der Waals surface area contributed by atoms with Crippen molar-refractivity contribution in [2.75, 3.05) is 6.61 Å². The van der Waals surface area contributed by atoms with E-state index in [1.54, 1.807) is 0 Å². The monoisotopic (exact) mass is 322 g/mol. The number of aromatic nitrogens is 1. The minimum absolute atomic E-state index is 0.161. The molecular formula is C15H16NO2Se. The van der Waals surface area contributed by atoms with Crippen molar-refractivity contribution < 1.29 is 9.53 Å². The van der Waals surface area contributed by atoms with Crippen LogP contribution >= 0.6 is 0 Å². The van der Waals surface area contributed by atoms with E-state index in [0.717, 1.165) is 26.6 Å². The van der Waals surface area contributed by atoms with Crippen molar-refractivity contribution in [1.29, 1.82) is 0 Å². The topological polar surface area (TPSA) is 39.2 Å². The van der Waals surface area contributed by atoms with Crippen molar-refractivity contribution in [2.45, 2.75) is 26.7 Å². The van der Waals surface area contributed by atoms with Gasteiger partial charge in [-0.1, -0.05) is 0 Å². The molecule has 0 amide bonds. The molecule has 2 aromatic rings. The summed E-state index contributed by atoms with van der Waals surface area (Å²) in [6.45, 7) is 4.30. The third-order valence-corrected chi connectivity index (χ3v) is 3.73. The van der Waals surface area contributed by atoms with E-state index in [1.165, 1.54) is 0 Å². The number of aryl methyl sites for hydroxylation is 2. The van der Waals surface area contributed by atoms with Crippen molar-refractivity contribution in [2.24, 2.45) is 0 Å². The van der Waals surface area contributed by atoms with Gasteiger partial charge in [-0.3, -0.25) is 0 Å². The number of pyridine rings is 1. The number of hydrogen-bond acceptors (Lipinski definition) is 3. The van der Waals surface area contributed by atoms with Crippen molar-refractivity contribution >= 4 is 37.5 Å². The number of ether oxygens (including phenoxy) is 1. The molecule has 2 rings (SSSR count). The van der Waals surface area contributed by atoms with E-state index in [4.69, 9.17) is 4.74 Å². The molecule has 0 saturated heterocycles. The van der Waals surface area contributed by atoms with Gasteiger partial charge in [-0.15, -0.1) is 0 Å². The Morgan fingerprint density at radius 2 is 2.21 bits per heavy atom. The van der Waals surface area contributed by atoms with Crippen molar-refractivity contribution in [3.63, 3.8) is 0 Å². The summed E-state index contributed by atoms with van der Waals surface area (Å²) in [5.74, 6) is -0.161. The fraction of sp³-hybridized carbons (Fsp3) is 0.333. The number of carbonyl (C=O) groups excluding carboxylic acids is 1. The fourth-order valence-electron chi connectivity index (χ4n) is 2.02. The summed E-state index contributed by atoms with van der Waals surface area (Å²) in [6.07, 6.45) is 1.04. The first kappa shape index (κ1) is 14.0. The molecule has 1 aromatic carbocycles. The van der Waals surface area contributed by atoms with Gasteiger partial charge in [-0.25, -0.2) is 0 Å². The second-order valence-corrected chi connectivity index (χ2v) is 5.22. The van der Waals surface area contributed by atoms with Crippen LogP contribution in [-0.2, 0) is 16.0 Å². The Bertz CT molecular complexity index is 610. The Labute approximate surface area is 121 Å². The number of fused-ring (bicyclic) bond motifs is 1. The fourth-order valence-corrected chi connectivity index (χ4v) is 2.55. The Balaban J connectivity index is 2.24. The molecule has 1 aromatic heterocycles. The average molecular weight is 321 g/mol. The molecule has 4 heteroatoms. The normalized spacial score (nSPS) is 10.6. The molecule has 99 valence electrons. The predicted molar refractivity (Wildman–Crippen MR) is 76.8 cm³/mol. The maximum atomic E-state index is 11.4. The summed E-state index contributed by atoms with van der Waals surface area (Å²) in [6, 6.07) is 8.21. The van der Waals surface area contributed by atoms with Gasteiger partial charge in [-0.05, 0) is 0 Å². The number of para-hydroxylation sites is 1. The predicted octanol–water partition coefficient (Wildman–Crippen LogP) is 1.83. The molecular weight excluding hydrogens is 305 g/mol. The summed E-state index contributed by atoms with van der Waals surface area (Å²) in [5.41, 5.74) is 3.23. The molecule has 0 aliphatic rings. The Kier molecular flexibility index (Phi) is 4.56. The van der Waals surface area contributed by atoms with E-state index in [0.29, 0.717) is 19.4 Å². The number of nitrogens with zero attached hydrogens (tertiary/aromatic N) is 1. The average Bonchev–Trinajstić information content (AvgIpc) is 2.38. The van der Waals surface area contributed by atoms with E-state index in [-0.39, 0.29) is 5.97 Å². The molecule has 0 aliphatic carbocycles. The standard InChI is InChI=1S/C15H16NO2Se/c1-3-18-13(17)8-7-12-9-11-6-4-5-10(2)14(11)16-15(12)19/h4-6,9H,3,7-8H2,1-2H3.